The number of hydrogen-bond donors (Lipinski definition) is 1. The molecular formula is C12H19ClN2OS. The first-order chi connectivity index (χ1) is 8.20. The average Bonchev–Trinajstić information content (AvgIpc) is 2.69. The molecule has 1 N–H and O–H groups in total. The highest BCUT2D eigenvalue weighted by molar-refractivity contribution is 7.15. The van der Waals surface area contributed by atoms with Crippen LogP contribution in [0.15, 0.2) is 6.20 Å². The predicted molar refractivity (Wildman–Crippen MR) is 71.4 cm³/mol. The van der Waals surface area contributed by atoms with Gasteiger partial charge >= 0.3 is 0 Å². The van der Waals surface area contributed by atoms with Crippen molar-refractivity contribution in [1.29, 1.82) is 0 Å². The van der Waals surface area contributed by atoms with E-state index in [1.807, 2.05) is 0 Å². The molecule has 0 saturated carbocycles. The highest BCUT2D eigenvalue weighted by Crippen LogP contribution is 2.28. The molecule has 2 heterocycles. The van der Waals surface area contributed by atoms with Crippen LogP contribution in [0, 0.1) is 5.92 Å². The highest BCUT2D eigenvalue weighted by Gasteiger charge is 2.28. The van der Waals surface area contributed by atoms with Crippen LogP contribution in [0.5, 0.6) is 0 Å². The first kappa shape index (κ1) is 13.3. The number of aliphatic hydroxyl groups is 1. The molecule has 0 radical (unpaired) electrons. The number of thiazole rings is 1. The standard InChI is InChI=1S/C12H19ClN2OS/c1-9-3-2-5-15(10(9)4-6-16)8-12-14-7-11(13)17-12/h7,9-10,16H,2-6,8H2,1H3/t9-,10-/m0/s1. The Balaban J connectivity index is 2.01. The molecule has 2 rings (SSSR count). The lowest BCUT2D eigenvalue weighted by Gasteiger charge is -2.39. The third kappa shape index (κ3) is 3.41. The Bertz CT molecular complexity index is 358. The Labute approximate surface area is 111 Å². The lowest BCUT2D eigenvalue weighted by molar-refractivity contribution is 0.0720. The van der Waals surface area contributed by atoms with Crippen LogP contribution < -0.4 is 0 Å². The van der Waals surface area contributed by atoms with E-state index in [-0.39, 0.29) is 6.61 Å². The molecule has 0 unspecified atom stereocenters. The van der Waals surface area contributed by atoms with Gasteiger partial charge in [-0.25, -0.2) is 4.98 Å². The van der Waals surface area contributed by atoms with Crippen molar-refractivity contribution in [3.8, 4) is 0 Å². The summed E-state index contributed by atoms with van der Waals surface area (Å²) in [4.78, 5) is 6.76. The quantitative estimate of drug-likeness (QED) is 0.917. The molecule has 1 fully saturated rings. The van der Waals surface area contributed by atoms with Crippen molar-refractivity contribution in [2.24, 2.45) is 5.92 Å². The molecule has 0 amide bonds. The van der Waals surface area contributed by atoms with Gasteiger partial charge in [-0.2, -0.15) is 0 Å². The topological polar surface area (TPSA) is 36.4 Å². The Morgan fingerprint density at radius 3 is 3.12 bits per heavy atom. The largest absolute Gasteiger partial charge is 0.396 e. The average molecular weight is 275 g/mol. The molecular weight excluding hydrogens is 256 g/mol. The Kier molecular flexibility index (Phi) is 4.79. The molecule has 1 saturated heterocycles. The normalized spacial score (nSPS) is 26.3. The molecule has 1 aromatic heterocycles. The van der Waals surface area contributed by atoms with Crippen LogP contribution in [-0.2, 0) is 6.54 Å². The van der Waals surface area contributed by atoms with Crippen molar-refractivity contribution in [2.45, 2.75) is 38.8 Å². The van der Waals surface area contributed by atoms with E-state index in [9.17, 15) is 0 Å². The fraction of sp³-hybridized carbons (Fsp3) is 0.750. The van der Waals surface area contributed by atoms with Gasteiger partial charge in [0.1, 0.15) is 9.34 Å². The maximum absolute atomic E-state index is 9.16. The molecule has 17 heavy (non-hydrogen) atoms. The van der Waals surface area contributed by atoms with E-state index in [1.165, 1.54) is 12.8 Å². The molecule has 3 nitrogen and oxygen atoms in total. The summed E-state index contributed by atoms with van der Waals surface area (Å²) in [5.41, 5.74) is 0. The van der Waals surface area contributed by atoms with Gasteiger partial charge in [-0.1, -0.05) is 18.5 Å². The van der Waals surface area contributed by atoms with Crippen LogP contribution >= 0.6 is 22.9 Å². The van der Waals surface area contributed by atoms with E-state index in [1.54, 1.807) is 17.5 Å². The van der Waals surface area contributed by atoms with E-state index >= 15 is 0 Å². The molecule has 0 spiro atoms. The van der Waals surface area contributed by atoms with Crippen molar-refractivity contribution in [2.75, 3.05) is 13.2 Å². The van der Waals surface area contributed by atoms with Crippen molar-refractivity contribution in [3.63, 3.8) is 0 Å². The molecule has 0 aromatic carbocycles. The zero-order valence-corrected chi connectivity index (χ0v) is 11.7. The summed E-state index contributed by atoms with van der Waals surface area (Å²) in [6.07, 6.45) is 5.08. The molecule has 1 aromatic rings. The number of aromatic nitrogens is 1. The van der Waals surface area contributed by atoms with E-state index < -0.39 is 0 Å². The van der Waals surface area contributed by atoms with Gasteiger partial charge < -0.3 is 5.11 Å². The minimum Gasteiger partial charge on any atom is -0.396 e. The summed E-state index contributed by atoms with van der Waals surface area (Å²) in [5, 5.41) is 10.2. The van der Waals surface area contributed by atoms with Crippen molar-refractivity contribution >= 4 is 22.9 Å². The summed E-state index contributed by atoms with van der Waals surface area (Å²) in [6.45, 7) is 4.52. The molecule has 2 atom stereocenters. The van der Waals surface area contributed by atoms with Gasteiger partial charge in [0.25, 0.3) is 0 Å². The van der Waals surface area contributed by atoms with Gasteiger partial charge in [0, 0.05) is 12.6 Å². The minimum absolute atomic E-state index is 0.268. The number of nitrogens with zero attached hydrogens (tertiary/aromatic N) is 2. The van der Waals surface area contributed by atoms with Crippen LogP contribution in [0.1, 0.15) is 31.2 Å². The monoisotopic (exact) mass is 274 g/mol. The third-order valence-electron chi connectivity index (χ3n) is 3.52. The molecule has 96 valence electrons. The van der Waals surface area contributed by atoms with Gasteiger partial charge in [0.15, 0.2) is 0 Å². The van der Waals surface area contributed by atoms with E-state index in [0.29, 0.717) is 12.0 Å². The number of likely N-dealkylation sites (tertiary alicyclic amines) is 1. The highest BCUT2D eigenvalue weighted by atomic mass is 35.5. The maximum Gasteiger partial charge on any atom is 0.113 e. The zero-order chi connectivity index (χ0) is 12.3. The van der Waals surface area contributed by atoms with Crippen molar-refractivity contribution in [1.82, 2.24) is 9.88 Å². The second-order valence-corrected chi connectivity index (χ2v) is 6.47. The van der Waals surface area contributed by atoms with Gasteiger partial charge in [-0.3, -0.25) is 4.90 Å². The lowest BCUT2D eigenvalue weighted by atomic mass is 9.89. The number of rotatable bonds is 4. The number of piperidine rings is 1. The third-order valence-corrected chi connectivity index (χ3v) is 4.62. The van der Waals surface area contributed by atoms with Gasteiger partial charge in [-0.15, -0.1) is 11.3 Å². The van der Waals surface area contributed by atoms with Crippen molar-refractivity contribution < 1.29 is 5.11 Å². The first-order valence-electron chi connectivity index (χ1n) is 6.16. The van der Waals surface area contributed by atoms with Crippen LogP contribution in [0.3, 0.4) is 0 Å². The van der Waals surface area contributed by atoms with E-state index in [0.717, 1.165) is 28.9 Å². The number of aliphatic hydroxyl groups excluding tert-OH is 1. The van der Waals surface area contributed by atoms with Crippen molar-refractivity contribution in [3.05, 3.63) is 15.5 Å². The number of halogens is 1. The molecule has 1 aliphatic rings. The Morgan fingerprint density at radius 1 is 1.65 bits per heavy atom. The van der Waals surface area contributed by atoms with Crippen LogP contribution in [0.2, 0.25) is 4.34 Å². The second-order valence-electron chi connectivity index (χ2n) is 4.73. The summed E-state index contributed by atoms with van der Waals surface area (Å²) in [7, 11) is 0. The molecule has 5 heteroatoms. The minimum atomic E-state index is 0.268. The molecule has 1 aliphatic heterocycles. The molecule has 0 aliphatic carbocycles. The summed E-state index contributed by atoms with van der Waals surface area (Å²) >= 11 is 7.45. The number of hydrogen-bond acceptors (Lipinski definition) is 4. The Morgan fingerprint density at radius 2 is 2.47 bits per heavy atom. The van der Waals surface area contributed by atoms with Gasteiger partial charge in [0.2, 0.25) is 0 Å². The predicted octanol–water partition coefficient (Wildman–Crippen LogP) is 2.78. The smallest absolute Gasteiger partial charge is 0.113 e. The maximum atomic E-state index is 9.16. The summed E-state index contributed by atoms with van der Waals surface area (Å²) in [5.74, 6) is 0.659. The lowest BCUT2D eigenvalue weighted by Crippen LogP contribution is -2.44. The second kappa shape index (κ2) is 6.14. The summed E-state index contributed by atoms with van der Waals surface area (Å²) in [6, 6.07) is 0.483. The van der Waals surface area contributed by atoms with Gasteiger partial charge in [-0.05, 0) is 31.7 Å². The zero-order valence-electron chi connectivity index (χ0n) is 10.1. The van der Waals surface area contributed by atoms with Gasteiger partial charge in [0.05, 0.1) is 12.7 Å². The molecule has 0 bridgehead atoms. The van der Waals surface area contributed by atoms with E-state index in [4.69, 9.17) is 16.7 Å². The fourth-order valence-corrected chi connectivity index (χ4v) is 3.65. The summed E-state index contributed by atoms with van der Waals surface area (Å²) < 4.78 is 0.753. The Hall–Kier alpha value is -0.160. The van der Waals surface area contributed by atoms with E-state index in [2.05, 4.69) is 16.8 Å². The SMILES string of the molecule is C[C@H]1CCCN(Cc2ncc(Cl)s2)[C@H]1CCO. The van der Waals surface area contributed by atoms with Crippen LogP contribution in [0.4, 0.5) is 0 Å². The fourth-order valence-electron chi connectivity index (χ4n) is 2.66. The van der Waals surface area contributed by atoms with Crippen LogP contribution in [0.25, 0.3) is 0 Å². The van der Waals surface area contributed by atoms with Crippen LogP contribution in [-0.4, -0.2) is 34.2 Å². The first-order valence-corrected chi connectivity index (χ1v) is 7.35.